The van der Waals surface area contributed by atoms with Gasteiger partial charge in [0.05, 0.1) is 6.04 Å². The molecular formula is C14H25NO2. The smallest absolute Gasteiger partial charge is 0.129 e. The van der Waals surface area contributed by atoms with Crippen molar-refractivity contribution >= 4 is 0 Å². The van der Waals surface area contributed by atoms with Gasteiger partial charge < -0.3 is 14.5 Å². The van der Waals surface area contributed by atoms with Crippen LogP contribution in [0.25, 0.3) is 0 Å². The van der Waals surface area contributed by atoms with E-state index in [1.807, 2.05) is 12.1 Å². The molecule has 3 nitrogen and oxygen atoms in total. The third kappa shape index (κ3) is 4.92. The number of ether oxygens (including phenoxy) is 1. The lowest BCUT2D eigenvalue weighted by Gasteiger charge is -2.25. The van der Waals surface area contributed by atoms with E-state index < -0.39 is 0 Å². The van der Waals surface area contributed by atoms with E-state index >= 15 is 0 Å². The van der Waals surface area contributed by atoms with Crippen LogP contribution in [0.5, 0.6) is 0 Å². The Labute approximate surface area is 105 Å². The second kappa shape index (κ2) is 6.22. The number of rotatable bonds is 6. The van der Waals surface area contributed by atoms with Crippen LogP contribution < -0.4 is 5.32 Å². The molecule has 3 heteroatoms. The minimum absolute atomic E-state index is 0.279. The van der Waals surface area contributed by atoms with Gasteiger partial charge in [0.25, 0.3) is 0 Å². The molecule has 0 aliphatic rings. The highest BCUT2D eigenvalue weighted by Gasteiger charge is 2.22. The third-order valence-corrected chi connectivity index (χ3v) is 2.58. The van der Waals surface area contributed by atoms with Crippen molar-refractivity contribution in [3.63, 3.8) is 0 Å². The Morgan fingerprint density at radius 1 is 1.35 bits per heavy atom. The summed E-state index contributed by atoms with van der Waals surface area (Å²) >= 11 is 0. The quantitative estimate of drug-likeness (QED) is 0.825. The van der Waals surface area contributed by atoms with E-state index in [1.54, 1.807) is 7.11 Å². The second-order valence-electron chi connectivity index (χ2n) is 5.61. The molecule has 1 heterocycles. The molecule has 0 aliphatic carbocycles. The standard InChI is InChI=1S/C14H25NO2/c1-6-15-12(9-14(2,3)4)13-8-7-11(17-13)10-16-5/h7-8,12,15H,6,9-10H2,1-5H3. The number of hydrogen-bond donors (Lipinski definition) is 1. The molecule has 0 saturated heterocycles. The van der Waals surface area contributed by atoms with Crippen molar-refractivity contribution in [1.29, 1.82) is 0 Å². The first kappa shape index (κ1) is 14.3. The highest BCUT2D eigenvalue weighted by Crippen LogP contribution is 2.30. The summed E-state index contributed by atoms with van der Waals surface area (Å²) in [4.78, 5) is 0. The Bertz CT molecular complexity index is 325. The van der Waals surface area contributed by atoms with E-state index in [1.165, 1.54) is 0 Å². The Morgan fingerprint density at radius 3 is 2.59 bits per heavy atom. The van der Waals surface area contributed by atoms with Crippen LogP contribution in [0.1, 0.15) is 51.7 Å². The fourth-order valence-corrected chi connectivity index (χ4v) is 1.93. The van der Waals surface area contributed by atoms with Gasteiger partial charge in [-0.1, -0.05) is 27.7 Å². The van der Waals surface area contributed by atoms with Crippen LogP contribution in [-0.2, 0) is 11.3 Å². The molecule has 0 fully saturated rings. The van der Waals surface area contributed by atoms with Gasteiger partial charge in [-0.3, -0.25) is 0 Å². The van der Waals surface area contributed by atoms with Crippen molar-refractivity contribution in [3.8, 4) is 0 Å². The van der Waals surface area contributed by atoms with Crippen LogP contribution >= 0.6 is 0 Å². The largest absolute Gasteiger partial charge is 0.462 e. The maximum absolute atomic E-state index is 5.80. The van der Waals surface area contributed by atoms with Gasteiger partial charge in [0.2, 0.25) is 0 Å². The van der Waals surface area contributed by atoms with Gasteiger partial charge >= 0.3 is 0 Å². The highest BCUT2D eigenvalue weighted by atomic mass is 16.5. The fourth-order valence-electron chi connectivity index (χ4n) is 1.93. The van der Waals surface area contributed by atoms with Crippen LogP contribution in [0, 0.1) is 5.41 Å². The molecule has 1 atom stereocenters. The molecule has 1 rings (SSSR count). The summed E-state index contributed by atoms with van der Waals surface area (Å²) in [5.41, 5.74) is 0.279. The van der Waals surface area contributed by atoms with E-state index in [4.69, 9.17) is 9.15 Å². The Morgan fingerprint density at radius 2 is 2.06 bits per heavy atom. The molecule has 0 spiro atoms. The lowest BCUT2D eigenvalue weighted by atomic mass is 9.87. The second-order valence-corrected chi connectivity index (χ2v) is 5.61. The normalized spacial score (nSPS) is 13.9. The average Bonchev–Trinajstić information content (AvgIpc) is 2.64. The van der Waals surface area contributed by atoms with Crippen molar-refractivity contribution in [2.45, 2.75) is 46.8 Å². The van der Waals surface area contributed by atoms with Crippen molar-refractivity contribution in [2.24, 2.45) is 5.41 Å². The molecule has 1 N–H and O–H groups in total. The molecule has 0 bridgehead atoms. The van der Waals surface area contributed by atoms with Crippen LogP contribution in [-0.4, -0.2) is 13.7 Å². The molecule has 0 amide bonds. The number of methoxy groups -OCH3 is 1. The minimum atomic E-state index is 0.279. The maximum Gasteiger partial charge on any atom is 0.129 e. The summed E-state index contributed by atoms with van der Waals surface area (Å²) in [5.74, 6) is 1.90. The van der Waals surface area contributed by atoms with Gasteiger partial charge in [0.15, 0.2) is 0 Å². The number of furan rings is 1. The Hall–Kier alpha value is -0.800. The molecular weight excluding hydrogens is 214 g/mol. The average molecular weight is 239 g/mol. The molecule has 0 aliphatic heterocycles. The Kier molecular flexibility index (Phi) is 5.22. The predicted molar refractivity (Wildman–Crippen MR) is 69.9 cm³/mol. The summed E-state index contributed by atoms with van der Waals surface area (Å²) in [7, 11) is 1.68. The monoisotopic (exact) mass is 239 g/mol. The van der Waals surface area contributed by atoms with Crippen molar-refractivity contribution < 1.29 is 9.15 Å². The molecule has 98 valence electrons. The van der Waals surface area contributed by atoms with Crippen LogP contribution in [0.4, 0.5) is 0 Å². The zero-order valence-electron chi connectivity index (χ0n) is 11.7. The van der Waals surface area contributed by atoms with Crippen LogP contribution in [0.3, 0.4) is 0 Å². The number of hydrogen-bond acceptors (Lipinski definition) is 3. The minimum Gasteiger partial charge on any atom is -0.462 e. The number of nitrogens with one attached hydrogen (secondary N) is 1. The van der Waals surface area contributed by atoms with Crippen molar-refractivity contribution in [1.82, 2.24) is 5.32 Å². The zero-order valence-corrected chi connectivity index (χ0v) is 11.7. The summed E-state index contributed by atoms with van der Waals surface area (Å²) in [6, 6.07) is 4.32. The lowest BCUT2D eigenvalue weighted by Crippen LogP contribution is -2.25. The van der Waals surface area contributed by atoms with E-state index in [0.29, 0.717) is 6.61 Å². The van der Waals surface area contributed by atoms with E-state index in [2.05, 4.69) is 33.0 Å². The fraction of sp³-hybridized carbons (Fsp3) is 0.714. The summed E-state index contributed by atoms with van der Waals surface area (Å²) in [6.45, 7) is 10.3. The van der Waals surface area contributed by atoms with Gasteiger partial charge in [-0.05, 0) is 30.5 Å². The third-order valence-electron chi connectivity index (χ3n) is 2.58. The van der Waals surface area contributed by atoms with E-state index in [9.17, 15) is 0 Å². The first-order valence-corrected chi connectivity index (χ1v) is 6.27. The molecule has 17 heavy (non-hydrogen) atoms. The SMILES string of the molecule is CCNC(CC(C)(C)C)c1ccc(COC)o1. The van der Waals surface area contributed by atoms with Crippen LogP contribution in [0.2, 0.25) is 0 Å². The van der Waals surface area contributed by atoms with E-state index in [0.717, 1.165) is 24.5 Å². The van der Waals surface area contributed by atoms with E-state index in [-0.39, 0.29) is 11.5 Å². The molecule has 0 radical (unpaired) electrons. The first-order valence-electron chi connectivity index (χ1n) is 6.27. The molecule has 1 aromatic rings. The molecule has 1 aromatic heterocycles. The van der Waals surface area contributed by atoms with Gasteiger partial charge in [-0.15, -0.1) is 0 Å². The summed E-state index contributed by atoms with van der Waals surface area (Å²) in [5, 5.41) is 3.48. The van der Waals surface area contributed by atoms with Crippen molar-refractivity contribution in [3.05, 3.63) is 23.7 Å². The van der Waals surface area contributed by atoms with Gasteiger partial charge in [0, 0.05) is 7.11 Å². The van der Waals surface area contributed by atoms with Crippen molar-refractivity contribution in [2.75, 3.05) is 13.7 Å². The van der Waals surface area contributed by atoms with Gasteiger partial charge in [-0.25, -0.2) is 0 Å². The topological polar surface area (TPSA) is 34.4 Å². The summed E-state index contributed by atoms with van der Waals surface area (Å²) < 4.78 is 10.9. The molecule has 0 aromatic carbocycles. The lowest BCUT2D eigenvalue weighted by molar-refractivity contribution is 0.160. The maximum atomic E-state index is 5.80. The zero-order chi connectivity index (χ0) is 12.9. The van der Waals surface area contributed by atoms with Gasteiger partial charge in [0.1, 0.15) is 18.1 Å². The first-order chi connectivity index (χ1) is 7.96. The molecule has 1 unspecified atom stereocenters. The Balaban J connectivity index is 2.74. The van der Waals surface area contributed by atoms with Gasteiger partial charge in [-0.2, -0.15) is 0 Å². The highest BCUT2D eigenvalue weighted by molar-refractivity contribution is 5.11. The van der Waals surface area contributed by atoms with Crippen LogP contribution in [0.15, 0.2) is 16.5 Å². The molecule has 0 saturated carbocycles. The predicted octanol–water partition coefficient (Wildman–Crippen LogP) is 3.51. The summed E-state index contributed by atoms with van der Waals surface area (Å²) in [6.07, 6.45) is 1.06.